The van der Waals surface area contributed by atoms with Crippen molar-refractivity contribution < 1.29 is 4.39 Å². The topological polar surface area (TPSA) is 12.0 Å². The summed E-state index contributed by atoms with van der Waals surface area (Å²) in [7, 11) is 1.90. The van der Waals surface area contributed by atoms with Crippen LogP contribution in [0.2, 0.25) is 5.02 Å². The molecule has 0 amide bonds. The predicted molar refractivity (Wildman–Crippen MR) is 83.0 cm³/mol. The first-order valence-electron chi connectivity index (χ1n) is 6.64. The molecular formula is C17H19ClFN. The zero-order chi connectivity index (χ0) is 14.9. The van der Waals surface area contributed by atoms with Gasteiger partial charge in [0.05, 0.1) is 6.04 Å². The highest BCUT2D eigenvalue weighted by atomic mass is 35.5. The van der Waals surface area contributed by atoms with Crippen LogP contribution in [0.4, 0.5) is 4.39 Å². The molecule has 106 valence electrons. The number of benzene rings is 2. The van der Waals surface area contributed by atoms with Crippen LogP contribution in [-0.4, -0.2) is 7.05 Å². The maximum Gasteiger partial charge on any atom is 0.123 e. The molecule has 0 heterocycles. The maximum atomic E-state index is 13.5. The third-order valence-electron chi connectivity index (χ3n) is 3.67. The molecule has 0 aliphatic carbocycles. The SMILES string of the molecule is CNC(c1ccc(C)c(Cl)c1)c1c(C)cc(F)cc1C. The fourth-order valence-corrected chi connectivity index (χ4v) is 2.83. The van der Waals surface area contributed by atoms with Crippen molar-refractivity contribution in [3.05, 3.63) is 69.0 Å². The Hall–Kier alpha value is -1.38. The number of rotatable bonds is 3. The first kappa shape index (κ1) is 15.0. The van der Waals surface area contributed by atoms with Gasteiger partial charge >= 0.3 is 0 Å². The molecule has 0 saturated carbocycles. The molecule has 20 heavy (non-hydrogen) atoms. The Morgan fingerprint density at radius 2 is 1.60 bits per heavy atom. The second kappa shape index (κ2) is 5.94. The summed E-state index contributed by atoms with van der Waals surface area (Å²) in [6, 6.07) is 9.19. The fraction of sp³-hybridized carbons (Fsp3) is 0.294. The van der Waals surface area contributed by atoms with Gasteiger partial charge in [-0.25, -0.2) is 4.39 Å². The molecule has 1 N–H and O–H groups in total. The van der Waals surface area contributed by atoms with Gasteiger partial charge in [-0.1, -0.05) is 23.7 Å². The number of halogens is 2. The molecule has 0 fully saturated rings. The highest BCUT2D eigenvalue weighted by Gasteiger charge is 2.18. The van der Waals surface area contributed by atoms with Crippen LogP contribution in [0.5, 0.6) is 0 Å². The van der Waals surface area contributed by atoms with Crippen LogP contribution in [0.15, 0.2) is 30.3 Å². The molecule has 2 aromatic rings. The van der Waals surface area contributed by atoms with Gasteiger partial charge in [-0.05, 0) is 73.8 Å². The van der Waals surface area contributed by atoms with Gasteiger partial charge in [0, 0.05) is 5.02 Å². The fourth-order valence-electron chi connectivity index (χ4n) is 2.64. The Morgan fingerprint density at radius 3 is 2.10 bits per heavy atom. The summed E-state index contributed by atoms with van der Waals surface area (Å²) in [5.41, 5.74) is 5.13. The Kier molecular flexibility index (Phi) is 4.46. The van der Waals surface area contributed by atoms with Crippen molar-refractivity contribution in [3.63, 3.8) is 0 Å². The first-order chi connectivity index (χ1) is 9.43. The van der Waals surface area contributed by atoms with Crippen LogP contribution in [0.3, 0.4) is 0 Å². The molecule has 0 aromatic heterocycles. The third kappa shape index (κ3) is 2.87. The van der Waals surface area contributed by atoms with Crippen LogP contribution in [0, 0.1) is 26.6 Å². The average Bonchev–Trinajstić information content (AvgIpc) is 2.37. The molecule has 1 unspecified atom stereocenters. The minimum absolute atomic E-state index is 0.00806. The van der Waals surface area contributed by atoms with Crippen molar-refractivity contribution >= 4 is 11.6 Å². The molecule has 2 rings (SSSR count). The minimum atomic E-state index is -0.194. The summed E-state index contributed by atoms with van der Waals surface area (Å²) in [5, 5.41) is 4.05. The summed E-state index contributed by atoms with van der Waals surface area (Å²) >= 11 is 6.22. The normalized spacial score (nSPS) is 12.5. The summed E-state index contributed by atoms with van der Waals surface area (Å²) in [6.07, 6.45) is 0. The number of aryl methyl sites for hydroxylation is 3. The standard InChI is InChI=1S/C17H19ClFN/c1-10-5-6-13(9-15(10)18)17(20-4)16-11(2)7-14(19)8-12(16)3/h5-9,17,20H,1-4H3. The smallest absolute Gasteiger partial charge is 0.123 e. The Bertz CT molecular complexity index is 614. The van der Waals surface area contributed by atoms with E-state index in [2.05, 4.69) is 11.4 Å². The second-order valence-corrected chi connectivity index (χ2v) is 5.59. The zero-order valence-corrected chi connectivity index (χ0v) is 13.0. The van der Waals surface area contributed by atoms with Crippen LogP contribution in [-0.2, 0) is 0 Å². The van der Waals surface area contributed by atoms with E-state index in [1.54, 1.807) is 12.1 Å². The molecule has 0 aliphatic rings. The van der Waals surface area contributed by atoms with Gasteiger partial charge < -0.3 is 5.32 Å². The quantitative estimate of drug-likeness (QED) is 0.863. The summed E-state index contributed by atoms with van der Waals surface area (Å²) in [6.45, 7) is 5.85. The average molecular weight is 292 g/mol. The van der Waals surface area contributed by atoms with Gasteiger partial charge in [-0.15, -0.1) is 0 Å². The molecular weight excluding hydrogens is 273 g/mol. The van der Waals surface area contributed by atoms with Gasteiger partial charge in [-0.2, -0.15) is 0 Å². The molecule has 0 aliphatic heterocycles. The van der Waals surface area contributed by atoms with Crippen LogP contribution in [0.25, 0.3) is 0 Å². The predicted octanol–water partition coefficient (Wildman–Crippen LogP) is 4.71. The number of nitrogens with one attached hydrogen (secondary N) is 1. The van der Waals surface area contributed by atoms with Crippen molar-refractivity contribution in [1.29, 1.82) is 0 Å². The first-order valence-corrected chi connectivity index (χ1v) is 7.01. The van der Waals surface area contributed by atoms with Gasteiger partial charge in [0.2, 0.25) is 0 Å². The van der Waals surface area contributed by atoms with Crippen molar-refractivity contribution in [1.82, 2.24) is 5.32 Å². The summed E-state index contributed by atoms with van der Waals surface area (Å²) < 4.78 is 13.5. The Balaban J connectivity index is 2.55. The molecule has 3 heteroatoms. The largest absolute Gasteiger partial charge is 0.309 e. The lowest BCUT2D eigenvalue weighted by molar-refractivity contribution is 0.618. The summed E-state index contributed by atoms with van der Waals surface area (Å²) in [5.74, 6) is -0.194. The Labute approximate surface area is 124 Å². The Morgan fingerprint density at radius 1 is 1.00 bits per heavy atom. The maximum absolute atomic E-state index is 13.5. The molecule has 1 atom stereocenters. The third-order valence-corrected chi connectivity index (χ3v) is 4.07. The van der Waals surface area contributed by atoms with Gasteiger partial charge in [0.1, 0.15) is 5.82 Å². The summed E-state index contributed by atoms with van der Waals surface area (Å²) in [4.78, 5) is 0. The van der Waals surface area contributed by atoms with Crippen molar-refractivity contribution in [3.8, 4) is 0 Å². The monoisotopic (exact) mass is 291 g/mol. The number of hydrogen-bond donors (Lipinski definition) is 1. The van der Waals surface area contributed by atoms with Crippen molar-refractivity contribution in [2.75, 3.05) is 7.05 Å². The molecule has 0 radical (unpaired) electrons. The van der Waals surface area contributed by atoms with Crippen LogP contribution < -0.4 is 5.32 Å². The van der Waals surface area contributed by atoms with Gasteiger partial charge in [0.15, 0.2) is 0 Å². The minimum Gasteiger partial charge on any atom is -0.309 e. The molecule has 0 saturated heterocycles. The van der Waals surface area contributed by atoms with E-state index in [0.29, 0.717) is 0 Å². The van der Waals surface area contributed by atoms with Crippen LogP contribution >= 0.6 is 11.6 Å². The molecule has 2 aromatic carbocycles. The van der Waals surface area contributed by atoms with Gasteiger partial charge in [0.25, 0.3) is 0 Å². The van der Waals surface area contributed by atoms with E-state index in [0.717, 1.165) is 32.8 Å². The van der Waals surface area contributed by atoms with E-state index in [4.69, 9.17) is 11.6 Å². The van der Waals surface area contributed by atoms with Crippen molar-refractivity contribution in [2.45, 2.75) is 26.8 Å². The molecule has 0 bridgehead atoms. The zero-order valence-electron chi connectivity index (χ0n) is 12.2. The van der Waals surface area contributed by atoms with Crippen LogP contribution in [0.1, 0.15) is 33.9 Å². The molecule has 0 spiro atoms. The highest BCUT2D eigenvalue weighted by Crippen LogP contribution is 2.30. The van der Waals surface area contributed by atoms with E-state index < -0.39 is 0 Å². The lowest BCUT2D eigenvalue weighted by Gasteiger charge is -2.22. The lowest BCUT2D eigenvalue weighted by atomic mass is 9.91. The van der Waals surface area contributed by atoms with E-state index in [1.165, 1.54) is 0 Å². The van der Waals surface area contributed by atoms with E-state index in [1.807, 2.05) is 40.0 Å². The molecule has 1 nitrogen and oxygen atoms in total. The van der Waals surface area contributed by atoms with Gasteiger partial charge in [-0.3, -0.25) is 0 Å². The number of hydrogen-bond acceptors (Lipinski definition) is 1. The highest BCUT2D eigenvalue weighted by molar-refractivity contribution is 6.31. The second-order valence-electron chi connectivity index (χ2n) is 5.18. The lowest BCUT2D eigenvalue weighted by Crippen LogP contribution is -2.20. The van der Waals surface area contributed by atoms with E-state index >= 15 is 0 Å². The van der Waals surface area contributed by atoms with E-state index in [9.17, 15) is 4.39 Å². The van der Waals surface area contributed by atoms with Crippen molar-refractivity contribution in [2.24, 2.45) is 0 Å². The van der Waals surface area contributed by atoms with E-state index in [-0.39, 0.29) is 11.9 Å².